The summed E-state index contributed by atoms with van der Waals surface area (Å²) in [6.45, 7) is 0.310. The summed E-state index contributed by atoms with van der Waals surface area (Å²) in [4.78, 5) is 16.1. The number of carbonyl (C=O) groups is 1. The van der Waals surface area contributed by atoms with Crippen LogP contribution in [-0.2, 0) is 10.9 Å². The van der Waals surface area contributed by atoms with E-state index in [4.69, 9.17) is 9.84 Å². The molecule has 1 aromatic carbocycles. The Balaban J connectivity index is 2.28. The second kappa shape index (κ2) is 8.15. The van der Waals surface area contributed by atoms with Gasteiger partial charge >= 0.3 is 12.1 Å². The van der Waals surface area contributed by atoms with Gasteiger partial charge in [-0.05, 0) is 36.8 Å². The number of aliphatic hydroxyl groups excluding tert-OH is 2. The number of benzene rings is 1. The van der Waals surface area contributed by atoms with Crippen molar-refractivity contribution in [2.75, 3.05) is 18.5 Å². The lowest BCUT2D eigenvalue weighted by molar-refractivity contribution is -0.138. The predicted molar refractivity (Wildman–Crippen MR) is 87.1 cm³/mol. The maximum atomic E-state index is 13.0. The van der Waals surface area contributed by atoms with Crippen LogP contribution in [0.3, 0.4) is 0 Å². The number of pyridine rings is 1. The van der Waals surface area contributed by atoms with Gasteiger partial charge in [0.2, 0.25) is 0 Å². The molecule has 0 fully saturated rings. The topological polar surface area (TPSA) is 91.7 Å². The third kappa shape index (κ3) is 4.70. The summed E-state index contributed by atoms with van der Waals surface area (Å²) in [5.41, 5.74) is -0.716. The quantitative estimate of drug-likeness (QED) is 0.677. The number of alkyl halides is 3. The molecule has 0 radical (unpaired) electrons. The van der Waals surface area contributed by atoms with E-state index in [1.165, 1.54) is 37.4 Å². The monoisotopic (exact) mass is 370 g/mol. The number of nitrogens with zero attached hydrogens (tertiary/aromatic N) is 1. The van der Waals surface area contributed by atoms with Crippen molar-refractivity contribution in [3.8, 4) is 0 Å². The Morgan fingerprint density at radius 1 is 1.31 bits per heavy atom. The zero-order valence-electron chi connectivity index (χ0n) is 13.7. The molecule has 0 aliphatic heterocycles. The van der Waals surface area contributed by atoms with Crippen LogP contribution in [0.2, 0.25) is 0 Å². The predicted octanol–water partition coefficient (Wildman–Crippen LogP) is 2.66. The molecule has 0 aliphatic rings. The van der Waals surface area contributed by atoms with Gasteiger partial charge < -0.3 is 20.3 Å². The van der Waals surface area contributed by atoms with Gasteiger partial charge in [0, 0.05) is 11.9 Å². The second-order valence-electron chi connectivity index (χ2n) is 5.44. The lowest BCUT2D eigenvalue weighted by Gasteiger charge is -2.16. The Bertz CT molecular complexity index is 781. The van der Waals surface area contributed by atoms with E-state index in [1.807, 2.05) is 0 Å². The van der Waals surface area contributed by atoms with Crippen LogP contribution in [0.5, 0.6) is 0 Å². The minimum absolute atomic E-state index is 0.0124. The number of hydrogen-bond donors (Lipinski definition) is 3. The highest BCUT2D eigenvalue weighted by atomic mass is 19.4. The van der Waals surface area contributed by atoms with Crippen molar-refractivity contribution in [3.05, 3.63) is 53.2 Å². The largest absolute Gasteiger partial charge is 0.459 e. The van der Waals surface area contributed by atoms with E-state index in [1.54, 1.807) is 0 Å². The third-order valence-electron chi connectivity index (χ3n) is 3.54. The van der Waals surface area contributed by atoms with Crippen molar-refractivity contribution in [2.45, 2.75) is 19.2 Å². The SMILES string of the molecule is Cc1c(Nc2ncccc2C(=O)OCC(O)CO)cccc1C(F)(F)F. The van der Waals surface area contributed by atoms with Gasteiger partial charge in [0.25, 0.3) is 0 Å². The smallest absolute Gasteiger partial charge is 0.416 e. The molecule has 1 unspecified atom stereocenters. The Morgan fingerprint density at radius 3 is 2.69 bits per heavy atom. The number of aromatic nitrogens is 1. The third-order valence-corrected chi connectivity index (χ3v) is 3.54. The van der Waals surface area contributed by atoms with Gasteiger partial charge in [-0.2, -0.15) is 13.2 Å². The van der Waals surface area contributed by atoms with Crippen LogP contribution in [0.15, 0.2) is 36.5 Å². The molecule has 1 aromatic heterocycles. The highest BCUT2D eigenvalue weighted by Gasteiger charge is 2.33. The molecular formula is C17H17F3N2O4. The summed E-state index contributed by atoms with van der Waals surface area (Å²) >= 11 is 0. The van der Waals surface area contributed by atoms with Crippen molar-refractivity contribution in [3.63, 3.8) is 0 Å². The summed E-state index contributed by atoms with van der Waals surface area (Å²) in [7, 11) is 0. The van der Waals surface area contributed by atoms with Crippen molar-refractivity contribution in [1.82, 2.24) is 4.98 Å². The van der Waals surface area contributed by atoms with Crippen LogP contribution in [0.1, 0.15) is 21.5 Å². The molecule has 2 aromatic rings. The van der Waals surface area contributed by atoms with Gasteiger partial charge in [-0.3, -0.25) is 0 Å². The molecule has 0 amide bonds. The standard InChI is InChI=1S/C17H17F3N2O4/c1-10-13(17(18,19)20)5-2-6-14(10)22-15-12(4-3-7-21-15)16(25)26-9-11(24)8-23/h2-7,11,23-24H,8-9H2,1H3,(H,21,22). The number of aliphatic hydroxyl groups is 2. The molecule has 1 heterocycles. The molecule has 1 atom stereocenters. The summed E-state index contributed by atoms with van der Waals surface area (Å²) < 4.78 is 43.9. The van der Waals surface area contributed by atoms with E-state index in [9.17, 15) is 23.1 Å². The van der Waals surface area contributed by atoms with Gasteiger partial charge in [0.1, 0.15) is 24.1 Å². The molecule has 6 nitrogen and oxygen atoms in total. The number of nitrogens with one attached hydrogen (secondary N) is 1. The molecule has 26 heavy (non-hydrogen) atoms. The molecule has 0 saturated heterocycles. The molecule has 0 saturated carbocycles. The van der Waals surface area contributed by atoms with Crippen molar-refractivity contribution in [1.29, 1.82) is 0 Å². The average molecular weight is 370 g/mol. The van der Waals surface area contributed by atoms with Crippen molar-refractivity contribution < 1.29 is 32.9 Å². The normalized spacial score (nSPS) is 12.5. The maximum Gasteiger partial charge on any atom is 0.416 e. The number of ether oxygens (including phenoxy) is 1. The average Bonchev–Trinajstić information content (AvgIpc) is 2.60. The van der Waals surface area contributed by atoms with E-state index in [-0.39, 0.29) is 22.6 Å². The summed E-state index contributed by atoms with van der Waals surface area (Å²) in [5.74, 6) is -0.823. The molecule has 2 rings (SSSR count). The van der Waals surface area contributed by atoms with E-state index < -0.39 is 37.0 Å². The molecule has 9 heteroatoms. The fourth-order valence-corrected chi connectivity index (χ4v) is 2.18. The Hall–Kier alpha value is -2.65. The molecule has 0 aliphatic carbocycles. The summed E-state index contributed by atoms with van der Waals surface area (Å²) in [6.07, 6.45) is -4.36. The first kappa shape index (κ1) is 19.7. The van der Waals surface area contributed by atoms with E-state index in [0.717, 1.165) is 6.07 Å². The molecule has 140 valence electrons. The first-order valence-electron chi connectivity index (χ1n) is 7.59. The highest BCUT2D eigenvalue weighted by molar-refractivity contribution is 5.95. The van der Waals surface area contributed by atoms with Crippen LogP contribution in [0, 0.1) is 6.92 Å². The lowest BCUT2D eigenvalue weighted by atomic mass is 10.1. The zero-order chi connectivity index (χ0) is 19.3. The van der Waals surface area contributed by atoms with Crippen LogP contribution >= 0.6 is 0 Å². The van der Waals surface area contributed by atoms with Crippen molar-refractivity contribution in [2.24, 2.45) is 0 Å². The number of halogens is 3. The summed E-state index contributed by atoms with van der Waals surface area (Å²) in [5, 5.41) is 20.7. The number of esters is 1. The summed E-state index contributed by atoms with van der Waals surface area (Å²) in [6, 6.07) is 6.49. The van der Waals surface area contributed by atoms with Crippen molar-refractivity contribution >= 4 is 17.5 Å². The first-order valence-corrected chi connectivity index (χ1v) is 7.59. The maximum absolute atomic E-state index is 13.0. The minimum atomic E-state index is -4.51. The van der Waals surface area contributed by atoms with Crippen LogP contribution < -0.4 is 5.32 Å². The van der Waals surface area contributed by atoms with Gasteiger partial charge in [0.15, 0.2) is 0 Å². The fourth-order valence-electron chi connectivity index (χ4n) is 2.18. The minimum Gasteiger partial charge on any atom is -0.459 e. The highest BCUT2D eigenvalue weighted by Crippen LogP contribution is 2.35. The van der Waals surface area contributed by atoms with Crippen LogP contribution in [0.4, 0.5) is 24.7 Å². The molecule has 0 bridgehead atoms. The van der Waals surface area contributed by atoms with Crippen LogP contribution in [-0.4, -0.2) is 40.5 Å². The fraction of sp³-hybridized carbons (Fsp3) is 0.294. The molecule has 3 N–H and O–H groups in total. The van der Waals surface area contributed by atoms with Crippen LogP contribution in [0.25, 0.3) is 0 Å². The Labute approximate surface area is 147 Å². The zero-order valence-corrected chi connectivity index (χ0v) is 13.7. The van der Waals surface area contributed by atoms with E-state index in [0.29, 0.717) is 0 Å². The second-order valence-corrected chi connectivity index (χ2v) is 5.44. The lowest BCUT2D eigenvalue weighted by Crippen LogP contribution is -2.22. The number of carbonyl (C=O) groups excluding carboxylic acids is 1. The Kier molecular flexibility index (Phi) is 6.17. The number of rotatable bonds is 6. The number of anilines is 2. The molecule has 0 spiro atoms. The van der Waals surface area contributed by atoms with Gasteiger partial charge in [-0.15, -0.1) is 0 Å². The molecular weight excluding hydrogens is 353 g/mol. The Morgan fingerprint density at radius 2 is 2.04 bits per heavy atom. The van der Waals surface area contributed by atoms with Gasteiger partial charge in [-0.25, -0.2) is 9.78 Å². The van der Waals surface area contributed by atoms with E-state index in [2.05, 4.69) is 10.3 Å². The van der Waals surface area contributed by atoms with Gasteiger partial charge in [-0.1, -0.05) is 6.07 Å². The van der Waals surface area contributed by atoms with E-state index >= 15 is 0 Å². The first-order chi connectivity index (χ1) is 12.2. The van der Waals surface area contributed by atoms with Gasteiger partial charge in [0.05, 0.1) is 12.2 Å². The number of hydrogen-bond acceptors (Lipinski definition) is 6.